The van der Waals surface area contributed by atoms with Crippen LogP contribution in [0.3, 0.4) is 0 Å². The molecule has 31 heavy (non-hydrogen) atoms. The Labute approximate surface area is 180 Å². The van der Waals surface area contributed by atoms with Gasteiger partial charge < -0.3 is 5.32 Å². The summed E-state index contributed by atoms with van der Waals surface area (Å²) in [5.41, 5.74) is 3.30. The lowest BCUT2D eigenvalue weighted by molar-refractivity contribution is -0.771. The summed E-state index contributed by atoms with van der Waals surface area (Å²) in [5, 5.41) is 8.24. The molecule has 6 nitrogen and oxygen atoms in total. The van der Waals surface area contributed by atoms with E-state index in [9.17, 15) is 17.2 Å². The third-order valence-electron chi connectivity index (χ3n) is 6.01. The fourth-order valence-corrected chi connectivity index (χ4v) is 5.08. The Morgan fingerprint density at radius 3 is 2.68 bits per heavy atom. The Morgan fingerprint density at radius 1 is 1.26 bits per heavy atom. The number of nitrogens with one attached hydrogen (secondary N) is 1. The van der Waals surface area contributed by atoms with Gasteiger partial charge in [-0.2, -0.15) is 4.99 Å². The normalized spacial score (nSPS) is 25.0. The predicted molar refractivity (Wildman–Crippen MR) is 115 cm³/mol. The molecule has 0 saturated heterocycles. The molecule has 0 saturated carbocycles. The van der Waals surface area contributed by atoms with Crippen LogP contribution in [-0.2, 0) is 29.4 Å². The van der Waals surface area contributed by atoms with Gasteiger partial charge in [0.25, 0.3) is 10.0 Å². The van der Waals surface area contributed by atoms with Crippen molar-refractivity contribution in [1.29, 1.82) is 0 Å². The molecule has 3 atom stereocenters. The van der Waals surface area contributed by atoms with E-state index < -0.39 is 10.0 Å². The Kier molecular flexibility index (Phi) is 5.55. The number of sulfonamides is 1. The molecule has 0 aromatic heterocycles. The molecular formula is C22H25F2N4O2S+. The van der Waals surface area contributed by atoms with E-state index in [1.54, 1.807) is 19.2 Å². The van der Waals surface area contributed by atoms with Crippen molar-refractivity contribution in [2.45, 2.75) is 31.3 Å². The summed E-state index contributed by atoms with van der Waals surface area (Å²) in [6.45, 7) is 0.193. The lowest BCUT2D eigenvalue weighted by Crippen LogP contribution is -2.34. The SMILES string of the molecule is CNC1Cc2cc(F)c(C[N+]3(C)C=NC(S(N)(=O)=O)=C3)cc2C1Cc1cccc(F)c1. The van der Waals surface area contributed by atoms with Gasteiger partial charge >= 0.3 is 0 Å². The maximum atomic E-state index is 14.9. The van der Waals surface area contributed by atoms with E-state index in [1.807, 2.05) is 19.2 Å². The van der Waals surface area contributed by atoms with Crippen molar-refractivity contribution in [3.63, 3.8) is 0 Å². The van der Waals surface area contributed by atoms with Crippen LogP contribution in [0.2, 0.25) is 0 Å². The van der Waals surface area contributed by atoms with Crippen LogP contribution in [0.1, 0.15) is 28.2 Å². The fraction of sp³-hybridized carbons (Fsp3) is 0.318. The third kappa shape index (κ3) is 4.45. The molecule has 9 heteroatoms. The average Bonchev–Trinajstić information content (AvgIpc) is 3.23. The number of nitrogens with zero attached hydrogens (tertiary/aromatic N) is 2. The summed E-state index contributed by atoms with van der Waals surface area (Å²) < 4.78 is 51.8. The quantitative estimate of drug-likeness (QED) is 0.668. The van der Waals surface area contributed by atoms with Gasteiger partial charge in [-0.25, -0.2) is 22.3 Å². The first-order chi connectivity index (χ1) is 14.6. The maximum absolute atomic E-state index is 14.9. The predicted octanol–water partition coefficient (Wildman–Crippen LogP) is 2.51. The van der Waals surface area contributed by atoms with Crippen molar-refractivity contribution in [3.05, 3.63) is 81.5 Å². The van der Waals surface area contributed by atoms with E-state index in [0.29, 0.717) is 18.4 Å². The number of aliphatic imine (C=N–C) groups is 1. The molecule has 1 heterocycles. The number of primary sulfonamides is 1. The molecule has 3 N–H and O–H groups in total. The van der Waals surface area contributed by atoms with E-state index in [-0.39, 0.29) is 39.7 Å². The van der Waals surface area contributed by atoms with Crippen molar-refractivity contribution in [2.75, 3.05) is 14.1 Å². The number of fused-ring (bicyclic) bond motifs is 1. The molecule has 0 bridgehead atoms. The molecule has 2 aromatic carbocycles. The van der Waals surface area contributed by atoms with Gasteiger partial charge in [-0.15, -0.1) is 0 Å². The highest BCUT2D eigenvalue weighted by molar-refractivity contribution is 7.93. The van der Waals surface area contributed by atoms with Gasteiger partial charge in [0.05, 0.1) is 7.05 Å². The van der Waals surface area contributed by atoms with E-state index >= 15 is 0 Å². The Bertz CT molecular complexity index is 1200. The van der Waals surface area contributed by atoms with Gasteiger partial charge in [0.2, 0.25) is 5.03 Å². The molecule has 0 amide bonds. The Morgan fingerprint density at radius 2 is 2.03 bits per heavy atom. The number of rotatable bonds is 6. The first kappa shape index (κ1) is 21.8. The average molecular weight is 448 g/mol. The second kappa shape index (κ2) is 7.90. The standard InChI is InChI=1S/C22H25F2N4O2S/c1-26-21-10-15-9-20(24)16(11-28(2)12-22(27-13-28)31(25,29)30)8-18(15)19(21)7-14-4-3-5-17(23)6-14/h3-6,8-9,12-13,19,21,26H,7,10-11H2,1-2H3,(H2,25,29,30)/q+1. The molecular weight excluding hydrogens is 422 g/mol. The van der Waals surface area contributed by atoms with Crippen LogP contribution < -0.4 is 10.5 Å². The van der Waals surface area contributed by atoms with Crippen molar-refractivity contribution in [3.8, 4) is 0 Å². The minimum atomic E-state index is -3.93. The molecule has 4 rings (SSSR count). The highest BCUT2D eigenvalue weighted by Gasteiger charge is 2.35. The second-order valence-electron chi connectivity index (χ2n) is 8.44. The highest BCUT2D eigenvalue weighted by atomic mass is 32.2. The van der Waals surface area contributed by atoms with E-state index in [2.05, 4.69) is 10.3 Å². The molecule has 2 aliphatic rings. The number of hydrogen-bond acceptors (Lipinski definition) is 4. The number of quaternary nitrogens is 1. The molecule has 0 spiro atoms. The molecule has 164 valence electrons. The molecule has 1 aliphatic carbocycles. The molecule has 0 fully saturated rings. The molecule has 3 unspecified atom stereocenters. The van der Waals surface area contributed by atoms with Gasteiger partial charge in [-0.1, -0.05) is 12.1 Å². The van der Waals surface area contributed by atoms with Crippen LogP contribution in [0.4, 0.5) is 8.78 Å². The first-order valence-corrected chi connectivity index (χ1v) is 11.5. The number of benzene rings is 2. The number of hydrogen-bond donors (Lipinski definition) is 2. The summed E-state index contributed by atoms with van der Waals surface area (Å²) >= 11 is 0. The monoisotopic (exact) mass is 447 g/mol. The number of halogens is 2. The van der Waals surface area contributed by atoms with E-state index in [0.717, 1.165) is 16.7 Å². The number of likely N-dealkylation sites (N-methyl/N-ethyl adjacent to an activating group) is 1. The van der Waals surface area contributed by atoms with Crippen molar-refractivity contribution >= 4 is 16.4 Å². The lowest BCUT2D eigenvalue weighted by Gasteiger charge is -2.23. The van der Waals surface area contributed by atoms with Crippen LogP contribution in [0.15, 0.2) is 52.6 Å². The zero-order valence-electron chi connectivity index (χ0n) is 17.3. The third-order valence-corrected chi connectivity index (χ3v) is 6.80. The highest BCUT2D eigenvalue weighted by Crippen LogP contribution is 2.38. The lowest BCUT2D eigenvalue weighted by atomic mass is 9.90. The maximum Gasteiger partial charge on any atom is 0.261 e. The topological polar surface area (TPSA) is 84.5 Å². The smallest absolute Gasteiger partial charge is 0.261 e. The minimum Gasteiger partial charge on any atom is -0.316 e. The largest absolute Gasteiger partial charge is 0.316 e. The van der Waals surface area contributed by atoms with Crippen LogP contribution in [-0.4, -0.2) is 39.4 Å². The summed E-state index contributed by atoms with van der Waals surface area (Å²) in [5.74, 6) is -0.556. The Hall–Kier alpha value is -2.46. The van der Waals surface area contributed by atoms with Crippen molar-refractivity contribution in [1.82, 2.24) is 5.32 Å². The van der Waals surface area contributed by atoms with Crippen LogP contribution in [0.25, 0.3) is 0 Å². The Balaban J connectivity index is 1.66. The second-order valence-corrected chi connectivity index (χ2v) is 9.95. The summed E-state index contributed by atoms with van der Waals surface area (Å²) in [4.78, 5) is 3.89. The van der Waals surface area contributed by atoms with Crippen LogP contribution >= 0.6 is 0 Å². The minimum absolute atomic E-state index is 0.00844. The van der Waals surface area contributed by atoms with Crippen LogP contribution in [0, 0.1) is 11.6 Å². The van der Waals surface area contributed by atoms with Crippen LogP contribution in [0.5, 0.6) is 0 Å². The summed E-state index contributed by atoms with van der Waals surface area (Å²) in [7, 11) is -0.323. The zero-order chi connectivity index (χ0) is 22.4. The van der Waals surface area contributed by atoms with Gasteiger partial charge in [-0.05, 0) is 60.8 Å². The van der Waals surface area contributed by atoms with E-state index in [4.69, 9.17) is 5.14 Å². The van der Waals surface area contributed by atoms with Gasteiger partial charge in [0, 0.05) is 17.5 Å². The van der Waals surface area contributed by atoms with Gasteiger partial charge in [-0.3, -0.25) is 4.48 Å². The first-order valence-electron chi connectivity index (χ1n) is 9.97. The van der Waals surface area contributed by atoms with E-state index in [1.165, 1.54) is 24.7 Å². The summed E-state index contributed by atoms with van der Waals surface area (Å²) in [6, 6.07) is 10.1. The van der Waals surface area contributed by atoms with Crippen molar-refractivity contribution < 1.29 is 21.7 Å². The zero-order valence-corrected chi connectivity index (χ0v) is 18.2. The van der Waals surface area contributed by atoms with Crippen molar-refractivity contribution in [2.24, 2.45) is 10.1 Å². The van der Waals surface area contributed by atoms with Gasteiger partial charge in [0.15, 0.2) is 6.34 Å². The molecule has 1 aliphatic heterocycles. The summed E-state index contributed by atoms with van der Waals surface area (Å²) in [6.07, 6.45) is 4.16. The molecule has 0 radical (unpaired) electrons. The molecule has 2 aromatic rings. The van der Waals surface area contributed by atoms with Gasteiger partial charge in [0.1, 0.15) is 24.4 Å². The fourth-order valence-electron chi connectivity index (χ4n) is 4.50. The number of nitrogens with two attached hydrogens (primary N) is 1.